The molecule has 0 bridgehead atoms. The van der Waals surface area contributed by atoms with Gasteiger partial charge >= 0.3 is 0 Å². The van der Waals surface area contributed by atoms with E-state index in [2.05, 4.69) is 15.2 Å². The summed E-state index contributed by atoms with van der Waals surface area (Å²) < 4.78 is 18.4. The van der Waals surface area contributed by atoms with Gasteiger partial charge in [-0.05, 0) is 42.5 Å². The number of hydrogen-bond donors (Lipinski definition) is 1. The zero-order valence-corrected chi connectivity index (χ0v) is 15.5. The molecule has 3 aromatic rings. The highest BCUT2D eigenvalue weighted by atomic mass is 19.1. The van der Waals surface area contributed by atoms with Crippen molar-refractivity contribution in [2.75, 3.05) is 36.4 Å². The van der Waals surface area contributed by atoms with Gasteiger partial charge in [-0.1, -0.05) is 6.07 Å². The third-order valence-corrected chi connectivity index (χ3v) is 4.72. The van der Waals surface area contributed by atoms with Crippen molar-refractivity contribution < 1.29 is 18.4 Å². The van der Waals surface area contributed by atoms with Crippen LogP contribution in [0.3, 0.4) is 0 Å². The van der Waals surface area contributed by atoms with E-state index in [-0.39, 0.29) is 11.5 Å². The van der Waals surface area contributed by atoms with Crippen LogP contribution in [0.4, 0.5) is 15.9 Å². The van der Waals surface area contributed by atoms with Crippen LogP contribution in [0, 0.1) is 5.82 Å². The number of hydrogen-bond acceptors (Lipinski definition) is 5. The Labute approximate surface area is 166 Å². The lowest BCUT2D eigenvalue weighted by atomic mass is 10.2. The second-order valence-corrected chi connectivity index (χ2v) is 6.63. The van der Waals surface area contributed by atoms with E-state index in [4.69, 9.17) is 4.42 Å². The lowest BCUT2D eigenvalue weighted by Gasteiger charge is -2.35. The molecular formula is C21H19FN4O3. The molecule has 1 N–H and O–H groups in total. The molecule has 8 heteroatoms. The number of pyridine rings is 1. The predicted molar refractivity (Wildman–Crippen MR) is 105 cm³/mol. The van der Waals surface area contributed by atoms with Gasteiger partial charge in [-0.25, -0.2) is 9.37 Å². The number of aromatic nitrogens is 1. The SMILES string of the molecule is O=C(Nc1ccc(N2CCN(C(=O)c3ccco3)CC2)nc1)c1cccc(F)c1. The van der Waals surface area contributed by atoms with Gasteiger partial charge in [-0.3, -0.25) is 9.59 Å². The highest BCUT2D eigenvalue weighted by Crippen LogP contribution is 2.18. The number of carbonyl (C=O) groups is 2. The molecule has 0 atom stereocenters. The summed E-state index contributed by atoms with van der Waals surface area (Å²) in [6.45, 7) is 2.43. The fourth-order valence-corrected chi connectivity index (χ4v) is 3.17. The zero-order chi connectivity index (χ0) is 20.2. The summed E-state index contributed by atoms with van der Waals surface area (Å²) in [6.07, 6.45) is 3.05. The molecule has 4 rings (SSSR count). The largest absolute Gasteiger partial charge is 0.459 e. The maximum Gasteiger partial charge on any atom is 0.289 e. The summed E-state index contributed by atoms with van der Waals surface area (Å²) in [5.74, 6) is 0.131. The molecule has 0 unspecified atom stereocenters. The fourth-order valence-electron chi connectivity index (χ4n) is 3.17. The number of anilines is 2. The average Bonchev–Trinajstić information content (AvgIpc) is 3.29. The first-order chi connectivity index (χ1) is 14.1. The zero-order valence-electron chi connectivity index (χ0n) is 15.5. The third kappa shape index (κ3) is 4.26. The Bertz CT molecular complexity index is 997. The van der Waals surface area contributed by atoms with Gasteiger partial charge in [0.05, 0.1) is 18.1 Å². The van der Waals surface area contributed by atoms with E-state index < -0.39 is 11.7 Å². The minimum absolute atomic E-state index is 0.113. The molecule has 1 aliphatic rings. The normalized spacial score (nSPS) is 14.0. The molecule has 0 saturated carbocycles. The number of halogens is 1. The topological polar surface area (TPSA) is 78.7 Å². The molecule has 1 fully saturated rings. The third-order valence-electron chi connectivity index (χ3n) is 4.72. The molecule has 29 heavy (non-hydrogen) atoms. The van der Waals surface area contributed by atoms with Gasteiger partial charge in [0.25, 0.3) is 11.8 Å². The highest BCUT2D eigenvalue weighted by Gasteiger charge is 2.24. The van der Waals surface area contributed by atoms with Crippen molar-refractivity contribution in [1.82, 2.24) is 9.88 Å². The van der Waals surface area contributed by atoms with Gasteiger partial charge in [-0.2, -0.15) is 0 Å². The van der Waals surface area contributed by atoms with Gasteiger partial charge in [0.1, 0.15) is 11.6 Å². The van der Waals surface area contributed by atoms with Crippen molar-refractivity contribution in [3.05, 3.63) is 78.1 Å². The van der Waals surface area contributed by atoms with Gasteiger partial charge in [0.15, 0.2) is 5.76 Å². The number of rotatable bonds is 4. The number of furan rings is 1. The summed E-state index contributed by atoms with van der Waals surface area (Å²) >= 11 is 0. The van der Waals surface area contributed by atoms with Crippen LogP contribution in [0.5, 0.6) is 0 Å². The Balaban J connectivity index is 1.34. The second-order valence-electron chi connectivity index (χ2n) is 6.63. The van der Waals surface area contributed by atoms with Crippen LogP contribution < -0.4 is 10.2 Å². The molecule has 1 aliphatic heterocycles. The van der Waals surface area contributed by atoms with Crippen LogP contribution in [-0.2, 0) is 0 Å². The molecule has 7 nitrogen and oxygen atoms in total. The number of amides is 2. The summed E-state index contributed by atoms with van der Waals surface area (Å²) in [5.41, 5.74) is 0.765. The Morgan fingerprint density at radius 2 is 1.86 bits per heavy atom. The maximum absolute atomic E-state index is 13.3. The molecular weight excluding hydrogens is 375 g/mol. The lowest BCUT2D eigenvalue weighted by Crippen LogP contribution is -2.49. The standard InChI is InChI=1S/C21H19FN4O3/c22-16-4-1-3-15(13-16)20(27)24-17-6-7-19(23-14-17)25-8-10-26(11-9-25)21(28)18-5-2-12-29-18/h1-7,12-14H,8-11H2,(H,24,27). The Hall–Kier alpha value is -3.68. The molecule has 3 heterocycles. The average molecular weight is 394 g/mol. The van der Waals surface area contributed by atoms with Crippen molar-refractivity contribution in [2.24, 2.45) is 0 Å². The van der Waals surface area contributed by atoms with E-state index in [1.807, 2.05) is 6.07 Å². The Kier molecular flexibility index (Phi) is 5.24. The quantitative estimate of drug-likeness (QED) is 0.736. The molecule has 148 valence electrons. The van der Waals surface area contributed by atoms with Crippen molar-refractivity contribution in [2.45, 2.75) is 0 Å². The summed E-state index contributed by atoms with van der Waals surface area (Å²) in [7, 11) is 0. The summed E-state index contributed by atoms with van der Waals surface area (Å²) in [4.78, 5) is 32.7. The molecule has 0 spiro atoms. The Morgan fingerprint density at radius 1 is 1.03 bits per heavy atom. The van der Waals surface area contributed by atoms with E-state index >= 15 is 0 Å². The van der Waals surface area contributed by atoms with Gasteiger partial charge in [0, 0.05) is 31.7 Å². The smallest absolute Gasteiger partial charge is 0.289 e. The first kappa shape index (κ1) is 18.7. The van der Waals surface area contributed by atoms with Crippen LogP contribution in [0.15, 0.2) is 65.4 Å². The highest BCUT2D eigenvalue weighted by molar-refractivity contribution is 6.04. The van der Waals surface area contributed by atoms with E-state index in [0.29, 0.717) is 37.6 Å². The van der Waals surface area contributed by atoms with Crippen molar-refractivity contribution >= 4 is 23.3 Å². The first-order valence-electron chi connectivity index (χ1n) is 9.21. The van der Waals surface area contributed by atoms with Gasteiger partial charge in [-0.15, -0.1) is 0 Å². The summed E-state index contributed by atoms with van der Waals surface area (Å²) in [5, 5.41) is 2.70. The van der Waals surface area contributed by atoms with Crippen LogP contribution in [0.1, 0.15) is 20.9 Å². The predicted octanol–water partition coefficient (Wildman–Crippen LogP) is 3.03. The van der Waals surface area contributed by atoms with Gasteiger partial charge in [0.2, 0.25) is 0 Å². The minimum Gasteiger partial charge on any atom is -0.459 e. The van der Waals surface area contributed by atoms with Crippen LogP contribution in [0.25, 0.3) is 0 Å². The van der Waals surface area contributed by atoms with E-state index in [1.165, 1.54) is 24.5 Å². The van der Waals surface area contributed by atoms with E-state index in [9.17, 15) is 14.0 Å². The molecule has 2 aromatic heterocycles. The second kappa shape index (κ2) is 8.14. The Morgan fingerprint density at radius 3 is 2.52 bits per heavy atom. The van der Waals surface area contributed by atoms with Crippen molar-refractivity contribution in [3.8, 4) is 0 Å². The minimum atomic E-state index is -0.462. The van der Waals surface area contributed by atoms with Crippen LogP contribution in [0.2, 0.25) is 0 Å². The van der Waals surface area contributed by atoms with E-state index in [0.717, 1.165) is 5.82 Å². The molecule has 0 aliphatic carbocycles. The molecule has 1 aromatic carbocycles. The van der Waals surface area contributed by atoms with Gasteiger partial charge < -0.3 is 19.5 Å². The van der Waals surface area contributed by atoms with Crippen molar-refractivity contribution in [3.63, 3.8) is 0 Å². The van der Waals surface area contributed by atoms with Crippen LogP contribution in [-0.4, -0.2) is 47.9 Å². The number of carbonyl (C=O) groups excluding carboxylic acids is 2. The fraction of sp³-hybridized carbons (Fsp3) is 0.190. The number of nitrogens with zero attached hydrogens (tertiary/aromatic N) is 3. The van der Waals surface area contributed by atoms with Crippen LogP contribution >= 0.6 is 0 Å². The van der Waals surface area contributed by atoms with Crippen molar-refractivity contribution in [1.29, 1.82) is 0 Å². The monoisotopic (exact) mass is 394 g/mol. The maximum atomic E-state index is 13.3. The first-order valence-corrected chi connectivity index (χ1v) is 9.21. The summed E-state index contributed by atoms with van der Waals surface area (Å²) in [6, 6.07) is 12.4. The number of nitrogens with one attached hydrogen (secondary N) is 1. The number of benzene rings is 1. The molecule has 1 saturated heterocycles. The van der Waals surface area contributed by atoms with E-state index in [1.54, 1.807) is 35.4 Å². The molecule has 2 amide bonds. The number of piperazine rings is 1. The lowest BCUT2D eigenvalue weighted by molar-refractivity contribution is 0.0714. The molecule has 0 radical (unpaired) electrons.